The van der Waals surface area contributed by atoms with Gasteiger partial charge in [-0.15, -0.1) is 0 Å². The van der Waals surface area contributed by atoms with Crippen LogP contribution in [0.25, 0.3) is 22.3 Å². The number of rotatable bonds is 3. The van der Waals surface area contributed by atoms with Crippen molar-refractivity contribution in [3.63, 3.8) is 0 Å². The van der Waals surface area contributed by atoms with E-state index < -0.39 is 0 Å². The Kier molecular flexibility index (Phi) is 4.02. The summed E-state index contributed by atoms with van der Waals surface area (Å²) in [5.74, 6) is 0. The average Bonchev–Trinajstić information content (AvgIpc) is 2.55. The lowest BCUT2D eigenvalue weighted by Gasteiger charge is -2.10. The molecule has 0 saturated carbocycles. The smallest absolute Gasteiger partial charge is 0.258 e. The SMILES string of the molecule is O=[N+]([O-])c1cc(Br)ccc1-c1ccccc1-c1ccccc1. The summed E-state index contributed by atoms with van der Waals surface area (Å²) in [6, 6.07) is 22.8. The zero-order chi connectivity index (χ0) is 15.5. The molecule has 0 radical (unpaired) electrons. The second-order valence-electron chi connectivity index (χ2n) is 4.83. The summed E-state index contributed by atoms with van der Waals surface area (Å²) in [6.07, 6.45) is 0. The summed E-state index contributed by atoms with van der Waals surface area (Å²) < 4.78 is 0.695. The van der Waals surface area contributed by atoms with E-state index in [2.05, 4.69) is 15.9 Å². The first-order chi connectivity index (χ1) is 10.7. The zero-order valence-corrected chi connectivity index (χ0v) is 13.2. The number of nitrogens with zero attached hydrogens (tertiary/aromatic N) is 1. The molecular weight excluding hydrogens is 342 g/mol. The minimum Gasteiger partial charge on any atom is -0.258 e. The lowest BCUT2D eigenvalue weighted by atomic mass is 9.94. The van der Waals surface area contributed by atoms with Gasteiger partial charge in [0, 0.05) is 10.5 Å². The molecular formula is C18H12BrNO2. The average molecular weight is 354 g/mol. The van der Waals surface area contributed by atoms with Crippen LogP contribution in [-0.4, -0.2) is 4.92 Å². The third kappa shape index (κ3) is 2.78. The molecule has 4 heteroatoms. The Morgan fingerprint density at radius 3 is 2.09 bits per heavy atom. The number of benzene rings is 3. The standard InChI is InChI=1S/C18H12BrNO2/c19-14-10-11-17(18(12-14)20(21)22)16-9-5-4-8-15(16)13-6-2-1-3-7-13/h1-12H. The van der Waals surface area contributed by atoms with E-state index in [1.54, 1.807) is 6.07 Å². The van der Waals surface area contributed by atoms with Crippen molar-refractivity contribution >= 4 is 21.6 Å². The van der Waals surface area contributed by atoms with Crippen molar-refractivity contribution in [3.05, 3.63) is 87.4 Å². The lowest BCUT2D eigenvalue weighted by molar-refractivity contribution is -0.384. The maximum Gasteiger partial charge on any atom is 0.278 e. The summed E-state index contributed by atoms with van der Waals surface area (Å²) in [7, 11) is 0. The van der Waals surface area contributed by atoms with Gasteiger partial charge in [0.25, 0.3) is 5.69 Å². The molecule has 3 rings (SSSR count). The fraction of sp³-hybridized carbons (Fsp3) is 0. The number of nitro groups is 1. The Balaban J connectivity index is 2.25. The highest BCUT2D eigenvalue weighted by molar-refractivity contribution is 9.10. The largest absolute Gasteiger partial charge is 0.278 e. The van der Waals surface area contributed by atoms with Crippen LogP contribution in [0.3, 0.4) is 0 Å². The third-order valence-corrected chi connectivity index (χ3v) is 3.95. The lowest BCUT2D eigenvalue weighted by Crippen LogP contribution is -1.93. The van der Waals surface area contributed by atoms with E-state index in [1.165, 1.54) is 6.07 Å². The molecule has 0 spiro atoms. The molecule has 22 heavy (non-hydrogen) atoms. The van der Waals surface area contributed by atoms with Gasteiger partial charge in [-0.1, -0.05) is 70.5 Å². The van der Waals surface area contributed by atoms with Gasteiger partial charge in [0.05, 0.1) is 10.5 Å². The molecule has 0 unspecified atom stereocenters. The number of halogens is 1. The molecule has 108 valence electrons. The highest BCUT2D eigenvalue weighted by Crippen LogP contribution is 2.38. The van der Waals surface area contributed by atoms with E-state index in [1.807, 2.05) is 60.7 Å². The van der Waals surface area contributed by atoms with Crippen LogP contribution in [0.2, 0.25) is 0 Å². The van der Waals surface area contributed by atoms with Gasteiger partial charge >= 0.3 is 0 Å². The Labute approximate surface area is 136 Å². The summed E-state index contributed by atoms with van der Waals surface area (Å²) in [5, 5.41) is 11.4. The van der Waals surface area contributed by atoms with E-state index in [-0.39, 0.29) is 10.6 Å². The van der Waals surface area contributed by atoms with E-state index in [0.717, 1.165) is 16.7 Å². The first-order valence-corrected chi connectivity index (χ1v) is 7.55. The molecule has 0 aliphatic rings. The van der Waals surface area contributed by atoms with Crippen molar-refractivity contribution in [2.45, 2.75) is 0 Å². The minimum absolute atomic E-state index is 0.0951. The predicted molar refractivity (Wildman–Crippen MR) is 91.7 cm³/mol. The van der Waals surface area contributed by atoms with E-state index in [9.17, 15) is 10.1 Å². The van der Waals surface area contributed by atoms with Gasteiger partial charge in [0.1, 0.15) is 0 Å². The predicted octanol–water partition coefficient (Wildman–Crippen LogP) is 5.69. The van der Waals surface area contributed by atoms with Crippen LogP contribution < -0.4 is 0 Å². The van der Waals surface area contributed by atoms with Crippen molar-refractivity contribution < 1.29 is 4.92 Å². The molecule has 0 aromatic heterocycles. The summed E-state index contributed by atoms with van der Waals surface area (Å²) in [4.78, 5) is 11.0. The van der Waals surface area contributed by atoms with Crippen molar-refractivity contribution in [2.75, 3.05) is 0 Å². The first-order valence-electron chi connectivity index (χ1n) is 6.75. The molecule has 0 atom stereocenters. The Morgan fingerprint density at radius 1 is 0.773 bits per heavy atom. The zero-order valence-electron chi connectivity index (χ0n) is 11.6. The Morgan fingerprint density at radius 2 is 1.41 bits per heavy atom. The van der Waals surface area contributed by atoms with E-state index in [4.69, 9.17) is 0 Å². The van der Waals surface area contributed by atoms with Gasteiger partial charge in [0.15, 0.2) is 0 Å². The quantitative estimate of drug-likeness (QED) is 0.448. The normalized spacial score (nSPS) is 10.4. The molecule has 3 aromatic rings. The van der Waals surface area contributed by atoms with Crippen LogP contribution in [0.5, 0.6) is 0 Å². The van der Waals surface area contributed by atoms with Crippen molar-refractivity contribution in [1.82, 2.24) is 0 Å². The van der Waals surface area contributed by atoms with Crippen LogP contribution in [0, 0.1) is 10.1 Å². The van der Waals surface area contributed by atoms with E-state index in [0.29, 0.717) is 10.0 Å². The monoisotopic (exact) mass is 353 g/mol. The fourth-order valence-corrected chi connectivity index (χ4v) is 2.82. The number of hydrogen-bond acceptors (Lipinski definition) is 2. The molecule has 0 bridgehead atoms. The van der Waals surface area contributed by atoms with Crippen molar-refractivity contribution in [3.8, 4) is 22.3 Å². The maximum absolute atomic E-state index is 11.4. The molecule has 3 nitrogen and oxygen atoms in total. The van der Waals surface area contributed by atoms with E-state index >= 15 is 0 Å². The third-order valence-electron chi connectivity index (χ3n) is 3.46. The van der Waals surface area contributed by atoms with Gasteiger partial charge in [-0.05, 0) is 28.8 Å². The second-order valence-corrected chi connectivity index (χ2v) is 5.75. The maximum atomic E-state index is 11.4. The van der Waals surface area contributed by atoms with Gasteiger partial charge in [-0.3, -0.25) is 10.1 Å². The van der Waals surface area contributed by atoms with Gasteiger partial charge < -0.3 is 0 Å². The number of nitro benzene ring substituents is 1. The Bertz CT molecular complexity index is 832. The Hall–Kier alpha value is -2.46. The topological polar surface area (TPSA) is 43.1 Å². The second kappa shape index (κ2) is 6.12. The molecule has 0 N–H and O–H groups in total. The van der Waals surface area contributed by atoms with Crippen LogP contribution in [0.1, 0.15) is 0 Å². The summed E-state index contributed by atoms with van der Waals surface area (Å²) in [6.45, 7) is 0. The molecule has 0 fully saturated rings. The fourth-order valence-electron chi connectivity index (χ4n) is 2.47. The molecule has 0 aliphatic heterocycles. The summed E-state index contributed by atoms with van der Waals surface area (Å²) >= 11 is 3.30. The number of hydrogen-bond donors (Lipinski definition) is 0. The highest BCUT2D eigenvalue weighted by Gasteiger charge is 2.18. The molecule has 0 aliphatic carbocycles. The van der Waals surface area contributed by atoms with Crippen LogP contribution in [-0.2, 0) is 0 Å². The highest BCUT2D eigenvalue weighted by atomic mass is 79.9. The van der Waals surface area contributed by atoms with Gasteiger partial charge in [-0.2, -0.15) is 0 Å². The van der Waals surface area contributed by atoms with Crippen molar-refractivity contribution in [2.24, 2.45) is 0 Å². The van der Waals surface area contributed by atoms with Crippen LogP contribution in [0.15, 0.2) is 77.3 Å². The molecule has 0 amide bonds. The van der Waals surface area contributed by atoms with Crippen LogP contribution in [0.4, 0.5) is 5.69 Å². The van der Waals surface area contributed by atoms with Gasteiger partial charge in [-0.25, -0.2) is 0 Å². The summed E-state index contributed by atoms with van der Waals surface area (Å²) in [5.41, 5.74) is 3.59. The molecule has 0 heterocycles. The van der Waals surface area contributed by atoms with Crippen molar-refractivity contribution in [1.29, 1.82) is 0 Å². The van der Waals surface area contributed by atoms with Gasteiger partial charge in [0.2, 0.25) is 0 Å². The van der Waals surface area contributed by atoms with Crippen LogP contribution >= 0.6 is 15.9 Å². The minimum atomic E-state index is -0.345. The molecule has 0 saturated heterocycles. The first kappa shape index (κ1) is 14.5. The molecule has 3 aromatic carbocycles.